The van der Waals surface area contributed by atoms with Crippen LogP contribution in [0.25, 0.3) is 0 Å². The van der Waals surface area contributed by atoms with E-state index in [-0.39, 0.29) is 19.4 Å². The summed E-state index contributed by atoms with van der Waals surface area (Å²) in [5, 5.41) is 12.2. The Labute approximate surface area is 164 Å². The van der Waals surface area contributed by atoms with Gasteiger partial charge in [-0.05, 0) is 30.5 Å². The van der Waals surface area contributed by atoms with Gasteiger partial charge >= 0.3 is 18.0 Å². The molecule has 27 heavy (non-hydrogen) atoms. The minimum atomic E-state index is -0.984. The lowest BCUT2D eigenvalue weighted by molar-refractivity contribution is -0.168. The smallest absolute Gasteiger partial charge is 0.410 e. The van der Waals surface area contributed by atoms with Gasteiger partial charge in [0.15, 0.2) is 0 Å². The molecule has 1 rings (SSSR count). The number of halogens is 1. The maximum Gasteiger partial charge on any atom is 0.410 e. The van der Waals surface area contributed by atoms with Crippen molar-refractivity contribution in [3.05, 3.63) is 34.9 Å². The average molecular weight is 400 g/mol. The van der Waals surface area contributed by atoms with Crippen LogP contribution in [0.1, 0.15) is 57.4 Å². The number of aliphatic carboxylic acids is 1. The summed E-state index contributed by atoms with van der Waals surface area (Å²) in [6, 6.07) is 6.76. The van der Waals surface area contributed by atoms with Crippen molar-refractivity contribution in [2.45, 2.75) is 58.2 Å². The van der Waals surface area contributed by atoms with E-state index in [4.69, 9.17) is 26.2 Å². The molecule has 1 aromatic carbocycles. The van der Waals surface area contributed by atoms with Crippen molar-refractivity contribution in [1.29, 1.82) is 0 Å². The van der Waals surface area contributed by atoms with Gasteiger partial charge in [0.25, 0.3) is 0 Å². The molecule has 0 radical (unpaired) electrons. The SMILES string of the molecule is CCCC(=O)O[C@H](CCC)OC(=O)NC[C@H](CC(=O)O)c1ccc(Cl)cc1. The van der Waals surface area contributed by atoms with Gasteiger partial charge < -0.3 is 19.9 Å². The second kappa shape index (κ2) is 12.2. The van der Waals surface area contributed by atoms with Crippen LogP contribution in [-0.4, -0.2) is 36.0 Å². The number of nitrogens with one attached hydrogen (secondary N) is 1. The van der Waals surface area contributed by atoms with Gasteiger partial charge in [-0.1, -0.05) is 37.6 Å². The van der Waals surface area contributed by atoms with Gasteiger partial charge in [-0.2, -0.15) is 0 Å². The number of carbonyl (C=O) groups is 3. The molecule has 0 spiro atoms. The molecule has 1 amide bonds. The van der Waals surface area contributed by atoms with Gasteiger partial charge in [0.2, 0.25) is 6.29 Å². The van der Waals surface area contributed by atoms with Crippen LogP contribution in [0.4, 0.5) is 4.79 Å². The molecule has 2 N–H and O–H groups in total. The lowest BCUT2D eigenvalue weighted by Gasteiger charge is -2.20. The number of benzene rings is 1. The Morgan fingerprint density at radius 2 is 1.78 bits per heavy atom. The minimum Gasteiger partial charge on any atom is -0.481 e. The average Bonchev–Trinajstić information content (AvgIpc) is 2.59. The molecule has 0 aliphatic carbocycles. The number of alkyl carbamates (subject to hydrolysis) is 1. The zero-order chi connectivity index (χ0) is 20.2. The molecule has 1 aromatic rings. The quantitative estimate of drug-likeness (QED) is 0.429. The molecule has 150 valence electrons. The van der Waals surface area contributed by atoms with E-state index < -0.39 is 30.2 Å². The fourth-order valence-electron chi connectivity index (χ4n) is 2.41. The Morgan fingerprint density at radius 3 is 2.33 bits per heavy atom. The van der Waals surface area contributed by atoms with Crippen LogP contribution in [0.15, 0.2) is 24.3 Å². The molecule has 0 aliphatic rings. The lowest BCUT2D eigenvalue weighted by atomic mass is 9.96. The Hall–Kier alpha value is -2.28. The summed E-state index contributed by atoms with van der Waals surface area (Å²) in [6.07, 6.45) is 0.0722. The summed E-state index contributed by atoms with van der Waals surface area (Å²) in [5.41, 5.74) is 0.738. The van der Waals surface area contributed by atoms with E-state index >= 15 is 0 Å². The molecule has 2 atom stereocenters. The zero-order valence-electron chi connectivity index (χ0n) is 15.6. The molecular formula is C19H26ClNO6. The highest BCUT2D eigenvalue weighted by molar-refractivity contribution is 6.30. The highest BCUT2D eigenvalue weighted by Crippen LogP contribution is 2.21. The van der Waals surface area contributed by atoms with E-state index in [1.165, 1.54) is 0 Å². The van der Waals surface area contributed by atoms with Crippen LogP contribution in [0.2, 0.25) is 5.02 Å². The van der Waals surface area contributed by atoms with Crippen molar-refractivity contribution in [2.24, 2.45) is 0 Å². The van der Waals surface area contributed by atoms with Crippen LogP contribution >= 0.6 is 11.6 Å². The third kappa shape index (κ3) is 9.28. The van der Waals surface area contributed by atoms with Gasteiger partial charge in [0, 0.05) is 30.3 Å². The number of amides is 1. The highest BCUT2D eigenvalue weighted by atomic mass is 35.5. The monoisotopic (exact) mass is 399 g/mol. The predicted octanol–water partition coefficient (Wildman–Crippen LogP) is 4.09. The molecule has 0 aliphatic heterocycles. The predicted molar refractivity (Wildman–Crippen MR) is 101 cm³/mol. The summed E-state index contributed by atoms with van der Waals surface area (Å²) < 4.78 is 10.3. The molecular weight excluding hydrogens is 374 g/mol. The van der Waals surface area contributed by atoms with E-state index in [2.05, 4.69) is 5.32 Å². The van der Waals surface area contributed by atoms with E-state index in [9.17, 15) is 14.4 Å². The normalized spacial score (nSPS) is 12.7. The second-order valence-electron chi connectivity index (χ2n) is 6.09. The summed E-state index contributed by atoms with van der Waals surface area (Å²) in [7, 11) is 0. The maximum atomic E-state index is 12.1. The lowest BCUT2D eigenvalue weighted by Crippen LogP contribution is -2.34. The molecule has 0 fully saturated rings. The number of ether oxygens (including phenoxy) is 2. The van der Waals surface area contributed by atoms with Crippen LogP contribution in [0, 0.1) is 0 Å². The molecule has 0 bridgehead atoms. The number of rotatable bonds is 11. The zero-order valence-corrected chi connectivity index (χ0v) is 16.3. The van der Waals surface area contributed by atoms with E-state index in [0.29, 0.717) is 24.3 Å². The summed E-state index contributed by atoms with van der Waals surface area (Å²) >= 11 is 5.85. The van der Waals surface area contributed by atoms with Crippen LogP contribution < -0.4 is 5.32 Å². The number of carbonyl (C=O) groups excluding carboxylic acids is 2. The maximum absolute atomic E-state index is 12.1. The van der Waals surface area contributed by atoms with Gasteiger partial charge in [-0.3, -0.25) is 9.59 Å². The van der Waals surface area contributed by atoms with E-state index in [1.807, 2.05) is 13.8 Å². The molecule has 0 unspecified atom stereocenters. The van der Waals surface area contributed by atoms with Crippen LogP contribution in [0.3, 0.4) is 0 Å². The number of carboxylic acid groups (broad SMARTS) is 1. The van der Waals surface area contributed by atoms with Crippen molar-refractivity contribution < 1.29 is 29.0 Å². The first-order chi connectivity index (χ1) is 12.8. The van der Waals surface area contributed by atoms with Crippen molar-refractivity contribution in [2.75, 3.05) is 6.54 Å². The second-order valence-corrected chi connectivity index (χ2v) is 6.53. The third-order valence-corrected chi connectivity index (χ3v) is 3.99. The largest absolute Gasteiger partial charge is 0.481 e. The van der Waals surface area contributed by atoms with Gasteiger partial charge in [0.1, 0.15) is 0 Å². The molecule has 8 heteroatoms. The van der Waals surface area contributed by atoms with Crippen molar-refractivity contribution in [3.8, 4) is 0 Å². The Balaban J connectivity index is 2.64. The molecule has 7 nitrogen and oxygen atoms in total. The van der Waals surface area contributed by atoms with E-state index in [0.717, 1.165) is 5.56 Å². The number of carboxylic acids is 1. The third-order valence-electron chi connectivity index (χ3n) is 3.74. The topological polar surface area (TPSA) is 102 Å². The first-order valence-electron chi connectivity index (χ1n) is 8.96. The molecule has 0 saturated carbocycles. The standard InChI is InChI=1S/C19H26ClNO6/c1-3-5-17(24)26-18(6-4-2)27-19(25)21-12-14(11-16(22)23)13-7-9-15(20)10-8-13/h7-10,14,18H,3-6,11-12H2,1-2H3,(H,21,25)(H,22,23)/t14-,18-/m0/s1. The Morgan fingerprint density at radius 1 is 1.11 bits per heavy atom. The van der Waals surface area contributed by atoms with E-state index in [1.54, 1.807) is 24.3 Å². The van der Waals surface area contributed by atoms with Crippen molar-refractivity contribution in [1.82, 2.24) is 5.32 Å². The van der Waals surface area contributed by atoms with Gasteiger partial charge in [0.05, 0.1) is 6.42 Å². The first kappa shape index (κ1) is 22.8. The van der Waals surface area contributed by atoms with Crippen LogP contribution in [0.5, 0.6) is 0 Å². The molecule has 0 aromatic heterocycles. The minimum absolute atomic E-state index is 0.0640. The number of esters is 1. The number of hydrogen-bond donors (Lipinski definition) is 2. The number of hydrogen-bond acceptors (Lipinski definition) is 5. The van der Waals surface area contributed by atoms with Gasteiger partial charge in [-0.25, -0.2) is 4.79 Å². The summed E-state index contributed by atoms with van der Waals surface area (Å²) in [5.74, 6) is -1.85. The highest BCUT2D eigenvalue weighted by Gasteiger charge is 2.20. The van der Waals surface area contributed by atoms with Gasteiger partial charge in [-0.15, -0.1) is 0 Å². The van der Waals surface area contributed by atoms with Crippen molar-refractivity contribution >= 4 is 29.6 Å². The fourth-order valence-corrected chi connectivity index (χ4v) is 2.53. The Bertz CT molecular complexity index is 619. The molecule has 0 heterocycles. The Kier molecular flexibility index (Phi) is 10.3. The molecule has 0 saturated heterocycles. The first-order valence-corrected chi connectivity index (χ1v) is 9.34. The van der Waals surface area contributed by atoms with Crippen molar-refractivity contribution in [3.63, 3.8) is 0 Å². The fraction of sp³-hybridized carbons (Fsp3) is 0.526. The van der Waals surface area contributed by atoms with Crippen LogP contribution in [-0.2, 0) is 19.1 Å². The summed E-state index contributed by atoms with van der Waals surface area (Å²) in [6.45, 7) is 3.79. The summed E-state index contributed by atoms with van der Waals surface area (Å²) in [4.78, 5) is 34.8.